The summed E-state index contributed by atoms with van der Waals surface area (Å²) in [6.07, 6.45) is 1.38. The molecule has 0 spiro atoms. The Hall–Kier alpha value is -3.10. The van der Waals surface area contributed by atoms with Crippen LogP contribution >= 0.6 is 27.5 Å². The molecule has 0 radical (unpaired) electrons. The van der Waals surface area contributed by atoms with E-state index in [0.717, 1.165) is 10.5 Å². The van der Waals surface area contributed by atoms with E-state index in [4.69, 9.17) is 16.3 Å². The zero-order valence-corrected chi connectivity index (χ0v) is 17.6. The first-order valence-electron chi connectivity index (χ1n) is 8.54. The smallest absolute Gasteiger partial charge is 0.271 e. The molecule has 0 aliphatic carbocycles. The highest BCUT2D eigenvalue weighted by Gasteiger charge is 2.09. The number of halogens is 3. The summed E-state index contributed by atoms with van der Waals surface area (Å²) in [5, 5.41) is 23.1. The molecule has 3 N–H and O–H groups in total. The molecule has 0 atom stereocenters. The van der Waals surface area contributed by atoms with Crippen LogP contribution in [0.15, 0.2) is 64.2 Å². The summed E-state index contributed by atoms with van der Waals surface area (Å²) in [6.45, 7) is 0.108. The van der Waals surface area contributed by atoms with Gasteiger partial charge in [0.15, 0.2) is 0 Å². The van der Waals surface area contributed by atoms with Crippen molar-refractivity contribution < 1.29 is 24.1 Å². The van der Waals surface area contributed by atoms with Crippen LogP contribution in [0.2, 0.25) is 5.02 Å². The van der Waals surface area contributed by atoms with Crippen molar-refractivity contribution in [1.82, 2.24) is 5.43 Å². The lowest BCUT2D eigenvalue weighted by Crippen LogP contribution is -2.17. The fourth-order valence-electron chi connectivity index (χ4n) is 2.50. The lowest BCUT2D eigenvalue weighted by molar-refractivity contribution is 0.0954. The Balaban J connectivity index is 1.72. The molecule has 0 bridgehead atoms. The van der Waals surface area contributed by atoms with E-state index in [1.165, 1.54) is 36.5 Å². The van der Waals surface area contributed by atoms with E-state index < -0.39 is 11.7 Å². The maximum Gasteiger partial charge on any atom is 0.271 e. The fraction of sp³-hybridized carbons (Fsp3) is 0.0476. The predicted molar refractivity (Wildman–Crippen MR) is 115 cm³/mol. The quantitative estimate of drug-likeness (QED) is 0.333. The molecule has 0 fully saturated rings. The van der Waals surface area contributed by atoms with Gasteiger partial charge in [-0.05, 0) is 42.5 Å². The van der Waals surface area contributed by atoms with Crippen molar-refractivity contribution in [2.24, 2.45) is 5.10 Å². The largest absolute Gasteiger partial charge is 0.508 e. The van der Waals surface area contributed by atoms with E-state index in [2.05, 4.69) is 26.5 Å². The van der Waals surface area contributed by atoms with E-state index in [9.17, 15) is 19.4 Å². The number of ether oxygens (including phenoxy) is 1. The summed E-state index contributed by atoms with van der Waals surface area (Å²) in [5.74, 6) is -1.08. The SMILES string of the molecule is O=C(NN=Cc1cc(Br)ccc1OCc1ccc(F)cc1Cl)c1cc(O)cc(O)c1. The fourth-order valence-corrected chi connectivity index (χ4v) is 3.10. The van der Waals surface area contributed by atoms with Gasteiger partial charge in [0.1, 0.15) is 29.7 Å². The number of hydrazone groups is 1. The molecule has 154 valence electrons. The summed E-state index contributed by atoms with van der Waals surface area (Å²) >= 11 is 9.39. The van der Waals surface area contributed by atoms with E-state index in [-0.39, 0.29) is 28.7 Å². The van der Waals surface area contributed by atoms with E-state index >= 15 is 0 Å². The molecule has 3 aromatic carbocycles. The van der Waals surface area contributed by atoms with E-state index in [1.54, 1.807) is 18.2 Å². The molecule has 0 heterocycles. The van der Waals surface area contributed by atoms with Gasteiger partial charge < -0.3 is 14.9 Å². The predicted octanol–water partition coefficient (Wildman–Crippen LogP) is 5.00. The highest BCUT2D eigenvalue weighted by molar-refractivity contribution is 9.10. The number of carbonyl (C=O) groups is 1. The van der Waals surface area contributed by atoms with Gasteiger partial charge in [0.25, 0.3) is 5.91 Å². The Kier molecular flexibility index (Phi) is 6.91. The van der Waals surface area contributed by atoms with Crippen LogP contribution in [-0.2, 0) is 6.61 Å². The van der Waals surface area contributed by atoms with Crippen LogP contribution in [0.1, 0.15) is 21.5 Å². The first-order chi connectivity index (χ1) is 14.3. The van der Waals surface area contributed by atoms with Gasteiger partial charge in [0.2, 0.25) is 0 Å². The Morgan fingerprint density at radius 1 is 1.13 bits per heavy atom. The Morgan fingerprint density at radius 3 is 2.57 bits per heavy atom. The zero-order chi connectivity index (χ0) is 21.7. The minimum atomic E-state index is -0.618. The molecule has 9 heteroatoms. The van der Waals surface area contributed by atoms with E-state index in [0.29, 0.717) is 16.9 Å². The van der Waals surface area contributed by atoms with Gasteiger partial charge in [-0.3, -0.25) is 4.79 Å². The number of nitrogens with one attached hydrogen (secondary N) is 1. The summed E-state index contributed by atoms with van der Waals surface area (Å²) in [5.41, 5.74) is 3.52. The zero-order valence-electron chi connectivity index (χ0n) is 15.3. The third-order valence-electron chi connectivity index (χ3n) is 3.90. The highest BCUT2D eigenvalue weighted by atomic mass is 79.9. The van der Waals surface area contributed by atoms with Crippen molar-refractivity contribution in [3.8, 4) is 17.2 Å². The van der Waals surface area contributed by atoms with Gasteiger partial charge in [-0.15, -0.1) is 0 Å². The van der Waals surface area contributed by atoms with Gasteiger partial charge in [-0.25, -0.2) is 9.82 Å². The average Bonchev–Trinajstić information content (AvgIpc) is 2.67. The van der Waals surface area contributed by atoms with Gasteiger partial charge in [-0.2, -0.15) is 5.10 Å². The highest BCUT2D eigenvalue weighted by Crippen LogP contribution is 2.25. The van der Waals surface area contributed by atoms with Crippen molar-refractivity contribution in [2.75, 3.05) is 0 Å². The Labute approximate surface area is 184 Å². The molecule has 3 aromatic rings. The number of benzene rings is 3. The van der Waals surface area contributed by atoms with Crippen LogP contribution in [0.4, 0.5) is 4.39 Å². The molecule has 0 saturated carbocycles. The van der Waals surface area contributed by atoms with Crippen LogP contribution in [0, 0.1) is 5.82 Å². The topological polar surface area (TPSA) is 91.2 Å². The lowest BCUT2D eigenvalue weighted by Gasteiger charge is -2.11. The minimum Gasteiger partial charge on any atom is -0.508 e. The number of rotatable bonds is 6. The second kappa shape index (κ2) is 9.60. The summed E-state index contributed by atoms with van der Waals surface area (Å²) in [6, 6.07) is 12.8. The van der Waals surface area contributed by atoms with E-state index in [1.807, 2.05) is 0 Å². The number of carbonyl (C=O) groups excluding carboxylic acids is 1. The van der Waals surface area contributed by atoms with Crippen molar-refractivity contribution in [3.63, 3.8) is 0 Å². The Bertz CT molecular complexity index is 1100. The third kappa shape index (κ3) is 5.71. The molecule has 0 aromatic heterocycles. The normalized spacial score (nSPS) is 10.9. The molecule has 0 saturated heterocycles. The molecule has 30 heavy (non-hydrogen) atoms. The van der Waals surface area contributed by atoms with Crippen LogP contribution in [0.25, 0.3) is 0 Å². The maximum atomic E-state index is 13.2. The number of phenolic OH excluding ortho intramolecular Hbond substituents is 2. The van der Waals surface area contributed by atoms with Gasteiger partial charge >= 0.3 is 0 Å². The maximum absolute atomic E-state index is 13.2. The standard InChI is InChI=1S/C21H15BrClFN2O4/c22-15-2-4-20(30-11-12-1-3-16(24)8-19(12)23)14(5-15)10-25-26-21(29)13-6-17(27)9-18(28)7-13/h1-10,27-28H,11H2,(H,26,29). The Morgan fingerprint density at radius 2 is 1.87 bits per heavy atom. The van der Waals surface area contributed by atoms with Crippen molar-refractivity contribution >= 4 is 39.7 Å². The summed E-state index contributed by atoms with van der Waals surface area (Å²) in [7, 11) is 0. The minimum absolute atomic E-state index is 0.0429. The number of amides is 1. The van der Waals surface area contributed by atoms with Crippen molar-refractivity contribution in [2.45, 2.75) is 6.61 Å². The molecule has 0 aliphatic heterocycles. The van der Waals surface area contributed by atoms with Gasteiger partial charge in [0.05, 0.1) is 11.2 Å². The second-order valence-electron chi connectivity index (χ2n) is 6.14. The first kappa shape index (κ1) is 21.6. The first-order valence-corrected chi connectivity index (χ1v) is 9.71. The molecule has 1 amide bonds. The molecule has 0 unspecified atom stereocenters. The van der Waals surface area contributed by atoms with Crippen LogP contribution < -0.4 is 10.2 Å². The lowest BCUT2D eigenvalue weighted by atomic mass is 10.2. The molecule has 6 nitrogen and oxygen atoms in total. The number of hydrogen-bond donors (Lipinski definition) is 3. The molecule has 3 rings (SSSR count). The number of aromatic hydroxyl groups is 2. The molecular weight excluding hydrogens is 479 g/mol. The summed E-state index contributed by atoms with van der Waals surface area (Å²) in [4.78, 5) is 12.1. The van der Waals surface area contributed by atoms with Crippen LogP contribution in [-0.4, -0.2) is 22.3 Å². The van der Waals surface area contributed by atoms with Crippen LogP contribution in [0.5, 0.6) is 17.2 Å². The monoisotopic (exact) mass is 492 g/mol. The van der Waals surface area contributed by atoms with Crippen LogP contribution in [0.3, 0.4) is 0 Å². The molecule has 0 aliphatic rings. The van der Waals surface area contributed by atoms with Gasteiger partial charge in [-0.1, -0.05) is 33.6 Å². The average molecular weight is 494 g/mol. The number of nitrogens with zero attached hydrogens (tertiary/aromatic N) is 1. The second-order valence-corrected chi connectivity index (χ2v) is 7.47. The molecular formula is C21H15BrClFN2O4. The third-order valence-corrected chi connectivity index (χ3v) is 4.75. The summed E-state index contributed by atoms with van der Waals surface area (Å²) < 4.78 is 19.7. The van der Waals surface area contributed by atoms with Crippen molar-refractivity contribution in [3.05, 3.63) is 86.6 Å². The van der Waals surface area contributed by atoms with Crippen molar-refractivity contribution in [1.29, 1.82) is 0 Å². The van der Waals surface area contributed by atoms with Gasteiger partial charge in [0, 0.05) is 27.2 Å². The number of phenols is 2. The number of hydrogen-bond acceptors (Lipinski definition) is 5.